The Labute approximate surface area is 187 Å². The van der Waals surface area contributed by atoms with Crippen LogP contribution in [-0.2, 0) is 14.6 Å². The number of halogens is 2. The number of nitrogens with zero attached hydrogens (tertiary/aromatic N) is 3. The van der Waals surface area contributed by atoms with E-state index in [1.165, 1.54) is 11.9 Å². The lowest BCUT2D eigenvalue weighted by Crippen LogP contribution is -2.39. The maximum Gasteiger partial charge on any atom is 0.266 e. The molecule has 7 nitrogen and oxygen atoms in total. The summed E-state index contributed by atoms with van der Waals surface area (Å²) in [5.74, 6) is -2.25. The second-order valence-electron chi connectivity index (χ2n) is 7.50. The highest BCUT2D eigenvalue weighted by Crippen LogP contribution is 2.24. The molecule has 3 aromatic rings. The Morgan fingerprint density at radius 2 is 2.00 bits per heavy atom. The average molecular weight is 480 g/mol. The van der Waals surface area contributed by atoms with Crippen molar-refractivity contribution in [2.75, 3.05) is 24.3 Å². The standard InChI is InChI=1S/C21H19F2N3O4S2/c1-25(14-8-9-32(29,30)12-14)19(27)11-31-21-24-17-5-3-2-4-15(17)20(28)26(21)18-7-6-13(22)10-16(18)23/h2-7,10,14H,8-9,11-12H2,1H3. The molecule has 1 unspecified atom stereocenters. The number of fused-ring (bicyclic) bond motifs is 1. The molecule has 4 rings (SSSR count). The van der Waals surface area contributed by atoms with E-state index >= 15 is 0 Å². The van der Waals surface area contributed by atoms with Crippen molar-refractivity contribution in [3.8, 4) is 5.69 Å². The molecule has 1 saturated heterocycles. The molecule has 1 fully saturated rings. The van der Waals surface area contributed by atoms with Gasteiger partial charge in [0, 0.05) is 19.2 Å². The van der Waals surface area contributed by atoms with Crippen molar-refractivity contribution in [3.05, 3.63) is 64.5 Å². The molecule has 168 valence electrons. The molecule has 0 aliphatic carbocycles. The van der Waals surface area contributed by atoms with Gasteiger partial charge in [0.15, 0.2) is 15.0 Å². The van der Waals surface area contributed by atoms with Gasteiger partial charge in [0.05, 0.1) is 33.8 Å². The van der Waals surface area contributed by atoms with Crippen molar-refractivity contribution in [1.29, 1.82) is 0 Å². The molecule has 0 spiro atoms. The average Bonchev–Trinajstić information content (AvgIpc) is 3.12. The highest BCUT2D eigenvalue weighted by molar-refractivity contribution is 7.99. The lowest BCUT2D eigenvalue weighted by atomic mass is 10.2. The van der Waals surface area contributed by atoms with Crippen LogP contribution >= 0.6 is 11.8 Å². The molecule has 2 aromatic carbocycles. The third kappa shape index (κ3) is 4.40. The van der Waals surface area contributed by atoms with Crippen LogP contribution in [-0.4, -0.2) is 59.1 Å². The monoisotopic (exact) mass is 479 g/mol. The third-order valence-electron chi connectivity index (χ3n) is 5.37. The number of hydrogen-bond acceptors (Lipinski definition) is 6. The number of thioether (sulfide) groups is 1. The first-order valence-corrected chi connectivity index (χ1v) is 12.5. The zero-order chi connectivity index (χ0) is 23.0. The Kier molecular flexibility index (Phi) is 6.04. The molecule has 2 heterocycles. The highest BCUT2D eigenvalue weighted by atomic mass is 32.2. The number of benzene rings is 2. The van der Waals surface area contributed by atoms with Crippen molar-refractivity contribution in [2.24, 2.45) is 0 Å². The van der Waals surface area contributed by atoms with E-state index in [0.717, 1.165) is 28.5 Å². The highest BCUT2D eigenvalue weighted by Gasteiger charge is 2.32. The van der Waals surface area contributed by atoms with Gasteiger partial charge in [-0.1, -0.05) is 23.9 Å². The van der Waals surface area contributed by atoms with Crippen LogP contribution in [0.5, 0.6) is 0 Å². The lowest BCUT2D eigenvalue weighted by Gasteiger charge is -2.23. The molecule has 1 aliphatic heterocycles. The van der Waals surface area contributed by atoms with Gasteiger partial charge in [0.25, 0.3) is 5.56 Å². The summed E-state index contributed by atoms with van der Waals surface area (Å²) in [5.41, 5.74) is -0.354. The Balaban J connectivity index is 1.69. The topological polar surface area (TPSA) is 89.3 Å². The summed E-state index contributed by atoms with van der Waals surface area (Å²) in [4.78, 5) is 31.6. The number of amides is 1. The number of sulfone groups is 1. The van der Waals surface area contributed by atoms with E-state index in [-0.39, 0.29) is 39.4 Å². The number of para-hydroxylation sites is 1. The maximum atomic E-state index is 14.5. The fourth-order valence-electron chi connectivity index (χ4n) is 3.60. The van der Waals surface area contributed by atoms with Crippen LogP contribution in [0.1, 0.15) is 6.42 Å². The van der Waals surface area contributed by atoms with Crippen LogP contribution in [0.15, 0.2) is 52.4 Å². The van der Waals surface area contributed by atoms with Gasteiger partial charge in [-0.3, -0.25) is 14.2 Å². The van der Waals surface area contributed by atoms with Gasteiger partial charge in [-0.05, 0) is 30.7 Å². The molecule has 1 atom stereocenters. The molecular formula is C21H19F2N3O4S2. The van der Waals surface area contributed by atoms with Crippen molar-refractivity contribution >= 4 is 38.4 Å². The zero-order valence-corrected chi connectivity index (χ0v) is 18.6. The Morgan fingerprint density at radius 1 is 1.25 bits per heavy atom. The molecular weight excluding hydrogens is 460 g/mol. The molecule has 1 amide bonds. The minimum Gasteiger partial charge on any atom is -0.341 e. The summed E-state index contributed by atoms with van der Waals surface area (Å²) in [5, 5.41) is 0.320. The maximum absolute atomic E-state index is 14.5. The quantitative estimate of drug-likeness (QED) is 0.413. The fraction of sp³-hybridized carbons (Fsp3) is 0.286. The smallest absolute Gasteiger partial charge is 0.266 e. The van der Waals surface area contributed by atoms with Gasteiger partial charge >= 0.3 is 0 Å². The van der Waals surface area contributed by atoms with Crippen LogP contribution in [0.4, 0.5) is 8.78 Å². The van der Waals surface area contributed by atoms with Crippen LogP contribution in [0.2, 0.25) is 0 Å². The van der Waals surface area contributed by atoms with Crippen molar-refractivity contribution < 1.29 is 22.0 Å². The third-order valence-corrected chi connectivity index (χ3v) is 8.04. The Hall–Kier alpha value is -2.79. The molecule has 11 heteroatoms. The molecule has 32 heavy (non-hydrogen) atoms. The fourth-order valence-corrected chi connectivity index (χ4v) is 6.30. The van der Waals surface area contributed by atoms with E-state index in [2.05, 4.69) is 4.98 Å². The van der Waals surface area contributed by atoms with Gasteiger partial charge in [0.1, 0.15) is 11.6 Å². The molecule has 0 radical (unpaired) electrons. The number of carbonyl (C=O) groups excluding carboxylic acids is 1. The van der Waals surface area contributed by atoms with Crippen LogP contribution in [0.3, 0.4) is 0 Å². The summed E-state index contributed by atoms with van der Waals surface area (Å²) in [6, 6.07) is 8.97. The molecule has 1 aliphatic rings. The van der Waals surface area contributed by atoms with E-state index in [9.17, 15) is 26.8 Å². The number of rotatable bonds is 5. The zero-order valence-electron chi connectivity index (χ0n) is 17.0. The molecule has 0 N–H and O–H groups in total. The Morgan fingerprint density at radius 3 is 2.69 bits per heavy atom. The van der Waals surface area contributed by atoms with E-state index in [4.69, 9.17) is 0 Å². The molecule has 0 bridgehead atoms. The number of hydrogen-bond donors (Lipinski definition) is 0. The second-order valence-corrected chi connectivity index (χ2v) is 10.7. The SMILES string of the molecule is CN(C(=O)CSc1nc2ccccc2c(=O)n1-c1ccc(F)cc1F)C1CCS(=O)(=O)C1. The van der Waals surface area contributed by atoms with E-state index in [1.807, 2.05) is 0 Å². The van der Waals surface area contributed by atoms with E-state index in [0.29, 0.717) is 18.0 Å². The van der Waals surface area contributed by atoms with Crippen molar-refractivity contribution in [1.82, 2.24) is 14.5 Å². The van der Waals surface area contributed by atoms with E-state index in [1.54, 1.807) is 24.3 Å². The summed E-state index contributed by atoms with van der Waals surface area (Å²) >= 11 is 0.930. The predicted molar refractivity (Wildman–Crippen MR) is 118 cm³/mol. The summed E-state index contributed by atoms with van der Waals surface area (Å²) in [6.07, 6.45) is 0.370. The first-order valence-electron chi connectivity index (χ1n) is 9.72. The summed E-state index contributed by atoms with van der Waals surface area (Å²) < 4.78 is 52.4. The molecule has 0 saturated carbocycles. The van der Waals surface area contributed by atoms with E-state index < -0.39 is 33.1 Å². The number of aromatic nitrogens is 2. The molecule has 1 aromatic heterocycles. The second kappa shape index (κ2) is 8.62. The Bertz CT molecular complexity index is 1380. The predicted octanol–water partition coefficient (Wildman–Crippen LogP) is 2.40. The van der Waals surface area contributed by atoms with Crippen LogP contribution in [0, 0.1) is 11.6 Å². The van der Waals surface area contributed by atoms with Gasteiger partial charge in [-0.15, -0.1) is 0 Å². The lowest BCUT2D eigenvalue weighted by molar-refractivity contribution is -0.128. The van der Waals surface area contributed by atoms with Gasteiger partial charge < -0.3 is 4.90 Å². The van der Waals surface area contributed by atoms with Gasteiger partial charge in [-0.25, -0.2) is 22.2 Å². The first-order chi connectivity index (χ1) is 15.2. The normalized spacial score (nSPS) is 17.5. The first kappa shape index (κ1) is 22.4. The van der Waals surface area contributed by atoms with Crippen molar-refractivity contribution in [3.63, 3.8) is 0 Å². The minimum absolute atomic E-state index is 0.0397. The van der Waals surface area contributed by atoms with Crippen LogP contribution < -0.4 is 5.56 Å². The van der Waals surface area contributed by atoms with Crippen molar-refractivity contribution in [2.45, 2.75) is 17.6 Å². The van der Waals surface area contributed by atoms with Gasteiger partial charge in [-0.2, -0.15) is 0 Å². The van der Waals surface area contributed by atoms with Gasteiger partial charge in [0.2, 0.25) is 5.91 Å². The largest absolute Gasteiger partial charge is 0.341 e. The summed E-state index contributed by atoms with van der Waals surface area (Å²) in [6.45, 7) is 0. The number of carbonyl (C=O) groups is 1. The summed E-state index contributed by atoms with van der Waals surface area (Å²) in [7, 11) is -1.62. The van der Waals surface area contributed by atoms with Crippen LogP contribution in [0.25, 0.3) is 16.6 Å². The minimum atomic E-state index is -3.15.